The topological polar surface area (TPSA) is 74.8 Å². The van der Waals surface area contributed by atoms with E-state index in [0.29, 0.717) is 55.7 Å². The Morgan fingerprint density at radius 3 is 2.62 bits per heavy atom. The summed E-state index contributed by atoms with van der Waals surface area (Å²) in [6.07, 6.45) is 2.16. The summed E-state index contributed by atoms with van der Waals surface area (Å²) in [7, 11) is 0. The molecule has 152 valence electrons. The molecule has 29 heavy (non-hydrogen) atoms. The molecule has 0 spiro atoms. The van der Waals surface area contributed by atoms with E-state index in [1.807, 2.05) is 31.2 Å². The first kappa shape index (κ1) is 19.7. The number of carbonyl (C=O) groups excluding carboxylic acids is 2. The number of nitrogens with zero attached hydrogens (tertiary/aromatic N) is 3. The third-order valence-electron chi connectivity index (χ3n) is 5.25. The van der Waals surface area contributed by atoms with Crippen LogP contribution in [0.2, 0.25) is 5.02 Å². The molecule has 2 saturated heterocycles. The average molecular weight is 415 g/mol. The van der Waals surface area contributed by atoms with E-state index >= 15 is 0 Å². The van der Waals surface area contributed by atoms with Gasteiger partial charge in [-0.15, -0.1) is 0 Å². The number of pyridine rings is 1. The lowest BCUT2D eigenvalue weighted by Crippen LogP contribution is -2.40. The van der Waals surface area contributed by atoms with Crippen molar-refractivity contribution in [3.8, 4) is 0 Å². The average Bonchev–Trinajstić information content (AvgIpc) is 3.10. The van der Waals surface area contributed by atoms with Crippen molar-refractivity contribution in [3.63, 3.8) is 0 Å². The highest BCUT2D eigenvalue weighted by atomic mass is 35.5. The first-order valence-electron chi connectivity index (χ1n) is 9.70. The number of carbonyl (C=O) groups is 2. The molecule has 7 nitrogen and oxygen atoms in total. The molecule has 4 rings (SSSR count). The number of halogens is 1. The highest BCUT2D eigenvalue weighted by Crippen LogP contribution is 2.27. The number of aromatic nitrogens is 1. The zero-order valence-corrected chi connectivity index (χ0v) is 17.0. The summed E-state index contributed by atoms with van der Waals surface area (Å²) >= 11 is 6.36. The number of morpholine rings is 1. The van der Waals surface area contributed by atoms with Crippen LogP contribution in [-0.4, -0.2) is 60.6 Å². The van der Waals surface area contributed by atoms with Crippen LogP contribution in [0, 0.1) is 6.92 Å². The van der Waals surface area contributed by atoms with Crippen LogP contribution >= 0.6 is 11.6 Å². The first-order valence-corrected chi connectivity index (χ1v) is 10.1. The number of benzene rings is 1. The number of amides is 2. The molecule has 2 fully saturated rings. The van der Waals surface area contributed by atoms with Crippen LogP contribution in [0.5, 0.6) is 0 Å². The smallest absolute Gasteiger partial charge is 0.255 e. The standard InChI is InChI=1S/C21H23ClN4O3/c1-14-2-4-16(5-3-14)26-7-6-18(21(26)28)24-19-17(22)12-15(13-23-19)20(27)25-8-10-29-11-9-25/h2-5,12-13,18H,6-11H2,1H3,(H,23,24). The Kier molecular flexibility index (Phi) is 5.69. The van der Waals surface area contributed by atoms with Gasteiger partial charge in [-0.3, -0.25) is 9.59 Å². The Bertz CT molecular complexity index is 913. The molecule has 1 atom stereocenters. The molecule has 0 radical (unpaired) electrons. The van der Waals surface area contributed by atoms with Gasteiger partial charge in [-0.2, -0.15) is 0 Å². The van der Waals surface area contributed by atoms with Gasteiger partial charge in [0.05, 0.1) is 23.8 Å². The molecule has 1 aromatic carbocycles. The molecule has 2 aliphatic heterocycles. The lowest BCUT2D eigenvalue weighted by molar-refractivity contribution is -0.117. The molecule has 2 amide bonds. The van der Waals surface area contributed by atoms with Crippen LogP contribution in [0.4, 0.5) is 11.5 Å². The van der Waals surface area contributed by atoms with Crippen LogP contribution in [0.1, 0.15) is 22.3 Å². The summed E-state index contributed by atoms with van der Waals surface area (Å²) < 4.78 is 5.28. The maximum atomic E-state index is 12.8. The number of nitrogens with one attached hydrogen (secondary N) is 1. The van der Waals surface area contributed by atoms with Gasteiger partial charge < -0.3 is 19.9 Å². The summed E-state index contributed by atoms with van der Waals surface area (Å²) in [5, 5.41) is 3.46. The second-order valence-electron chi connectivity index (χ2n) is 7.27. The molecule has 0 bridgehead atoms. The third-order valence-corrected chi connectivity index (χ3v) is 5.54. The van der Waals surface area contributed by atoms with Gasteiger partial charge in [0, 0.05) is 31.5 Å². The molecule has 1 aromatic heterocycles. The van der Waals surface area contributed by atoms with E-state index in [1.54, 1.807) is 15.9 Å². The van der Waals surface area contributed by atoms with E-state index < -0.39 is 6.04 Å². The highest BCUT2D eigenvalue weighted by molar-refractivity contribution is 6.33. The van der Waals surface area contributed by atoms with Crippen LogP contribution in [0.25, 0.3) is 0 Å². The molecule has 1 unspecified atom stereocenters. The number of anilines is 2. The second kappa shape index (κ2) is 8.39. The van der Waals surface area contributed by atoms with Gasteiger partial charge in [0.25, 0.3) is 5.91 Å². The normalized spacial score (nSPS) is 19.5. The summed E-state index contributed by atoms with van der Waals surface area (Å²) in [5.74, 6) is 0.284. The Morgan fingerprint density at radius 1 is 1.21 bits per heavy atom. The zero-order chi connectivity index (χ0) is 20.4. The fraction of sp³-hybridized carbons (Fsp3) is 0.381. The highest BCUT2D eigenvalue weighted by Gasteiger charge is 2.33. The minimum Gasteiger partial charge on any atom is -0.378 e. The Balaban J connectivity index is 1.43. The van der Waals surface area contributed by atoms with E-state index in [1.165, 1.54) is 6.20 Å². The summed E-state index contributed by atoms with van der Waals surface area (Å²) in [6, 6.07) is 9.09. The fourth-order valence-corrected chi connectivity index (χ4v) is 3.79. The predicted octanol–water partition coefficient (Wildman–Crippen LogP) is 2.73. The maximum Gasteiger partial charge on any atom is 0.255 e. The van der Waals surface area contributed by atoms with E-state index in [0.717, 1.165) is 11.3 Å². The van der Waals surface area contributed by atoms with Gasteiger partial charge in [-0.1, -0.05) is 29.3 Å². The van der Waals surface area contributed by atoms with Crippen molar-refractivity contribution >= 4 is 34.9 Å². The Morgan fingerprint density at radius 2 is 1.93 bits per heavy atom. The molecule has 1 N–H and O–H groups in total. The molecule has 2 aromatic rings. The van der Waals surface area contributed by atoms with E-state index in [2.05, 4.69) is 10.3 Å². The van der Waals surface area contributed by atoms with Gasteiger partial charge in [-0.25, -0.2) is 4.98 Å². The van der Waals surface area contributed by atoms with E-state index in [4.69, 9.17) is 16.3 Å². The van der Waals surface area contributed by atoms with E-state index in [9.17, 15) is 9.59 Å². The van der Waals surface area contributed by atoms with Gasteiger partial charge in [-0.05, 0) is 31.5 Å². The van der Waals surface area contributed by atoms with Crippen molar-refractivity contribution in [1.29, 1.82) is 0 Å². The zero-order valence-electron chi connectivity index (χ0n) is 16.2. The van der Waals surface area contributed by atoms with Crippen LogP contribution < -0.4 is 10.2 Å². The minimum atomic E-state index is -0.401. The SMILES string of the molecule is Cc1ccc(N2CCC(Nc3ncc(C(=O)N4CCOCC4)cc3Cl)C2=O)cc1. The van der Waals surface area contributed by atoms with Crippen molar-refractivity contribution in [3.05, 3.63) is 52.7 Å². The van der Waals surface area contributed by atoms with Gasteiger partial charge >= 0.3 is 0 Å². The largest absolute Gasteiger partial charge is 0.378 e. The third kappa shape index (κ3) is 4.21. The summed E-state index contributed by atoms with van der Waals surface area (Å²) in [5.41, 5.74) is 2.47. The van der Waals surface area contributed by atoms with Gasteiger partial charge in [0.15, 0.2) is 0 Å². The molecule has 2 aliphatic rings. The fourth-order valence-electron chi connectivity index (χ4n) is 3.57. The summed E-state index contributed by atoms with van der Waals surface area (Å²) in [6.45, 7) is 4.83. The van der Waals surface area contributed by atoms with Crippen molar-refractivity contribution in [1.82, 2.24) is 9.88 Å². The summed E-state index contributed by atoms with van der Waals surface area (Å²) in [4.78, 5) is 33.2. The molecular formula is C21H23ClN4O3. The number of rotatable bonds is 4. The second-order valence-corrected chi connectivity index (χ2v) is 7.68. The van der Waals surface area contributed by atoms with Crippen molar-refractivity contribution in [2.45, 2.75) is 19.4 Å². The van der Waals surface area contributed by atoms with Crippen molar-refractivity contribution in [2.75, 3.05) is 43.1 Å². The van der Waals surface area contributed by atoms with Crippen molar-refractivity contribution in [2.24, 2.45) is 0 Å². The first-order chi connectivity index (χ1) is 14.0. The van der Waals surface area contributed by atoms with Gasteiger partial charge in [0.1, 0.15) is 11.9 Å². The number of hydrogen-bond acceptors (Lipinski definition) is 5. The minimum absolute atomic E-state index is 0.0137. The lowest BCUT2D eigenvalue weighted by atomic mass is 10.2. The maximum absolute atomic E-state index is 12.8. The van der Waals surface area contributed by atoms with Crippen LogP contribution in [0.3, 0.4) is 0 Å². The quantitative estimate of drug-likeness (QED) is 0.832. The van der Waals surface area contributed by atoms with Crippen molar-refractivity contribution < 1.29 is 14.3 Å². The monoisotopic (exact) mass is 414 g/mol. The number of aryl methyl sites for hydroxylation is 1. The molecule has 8 heteroatoms. The van der Waals surface area contributed by atoms with Crippen LogP contribution in [0.15, 0.2) is 36.5 Å². The molecule has 0 aliphatic carbocycles. The molecule has 0 saturated carbocycles. The number of ether oxygens (including phenoxy) is 1. The molecular weight excluding hydrogens is 392 g/mol. The van der Waals surface area contributed by atoms with Gasteiger partial charge in [0.2, 0.25) is 5.91 Å². The Labute approximate surface area is 174 Å². The molecule has 3 heterocycles. The predicted molar refractivity (Wildman–Crippen MR) is 112 cm³/mol. The number of hydrogen-bond donors (Lipinski definition) is 1. The van der Waals surface area contributed by atoms with Crippen LogP contribution in [-0.2, 0) is 9.53 Å². The Hall–Kier alpha value is -2.64. The lowest BCUT2D eigenvalue weighted by Gasteiger charge is -2.26. The van der Waals surface area contributed by atoms with E-state index in [-0.39, 0.29) is 11.8 Å².